The van der Waals surface area contributed by atoms with Gasteiger partial charge in [-0.1, -0.05) is 6.07 Å². The minimum atomic E-state index is -0.115. The Kier molecular flexibility index (Phi) is 5.63. The van der Waals surface area contributed by atoms with Crippen molar-refractivity contribution in [2.24, 2.45) is 0 Å². The molecule has 1 fully saturated rings. The lowest BCUT2D eigenvalue weighted by molar-refractivity contribution is -0.115. The van der Waals surface area contributed by atoms with Gasteiger partial charge in [0.25, 0.3) is 0 Å². The molecule has 0 bridgehead atoms. The first kappa shape index (κ1) is 17.4. The number of benzene rings is 1. The van der Waals surface area contributed by atoms with E-state index < -0.39 is 0 Å². The maximum atomic E-state index is 11.6. The van der Waals surface area contributed by atoms with Crippen LogP contribution >= 0.6 is 0 Å². The molecule has 1 aliphatic rings. The fourth-order valence-corrected chi connectivity index (χ4v) is 2.73. The maximum absolute atomic E-state index is 11.6. The molecule has 1 aromatic carbocycles. The topological polar surface area (TPSA) is 72.5 Å². The highest BCUT2D eigenvalue weighted by atomic mass is 16.5. The van der Waals surface area contributed by atoms with E-state index in [1.165, 1.54) is 0 Å². The van der Waals surface area contributed by atoms with E-state index in [0.717, 1.165) is 35.5 Å². The van der Waals surface area contributed by atoms with Crippen LogP contribution in [-0.2, 0) is 9.53 Å². The number of nitrogens with zero attached hydrogens (tertiary/aromatic N) is 1. The molecule has 25 heavy (non-hydrogen) atoms. The molecule has 6 heteroatoms. The van der Waals surface area contributed by atoms with Gasteiger partial charge >= 0.3 is 0 Å². The Morgan fingerprint density at radius 2 is 2.16 bits per heavy atom. The van der Waals surface area contributed by atoms with Gasteiger partial charge in [0, 0.05) is 18.2 Å². The van der Waals surface area contributed by atoms with Gasteiger partial charge in [-0.25, -0.2) is 4.98 Å². The van der Waals surface area contributed by atoms with Crippen molar-refractivity contribution in [2.45, 2.75) is 19.4 Å². The number of ether oxygens (including phenoxy) is 2. The second-order valence-corrected chi connectivity index (χ2v) is 6.09. The quantitative estimate of drug-likeness (QED) is 0.844. The molecule has 1 amide bonds. The van der Waals surface area contributed by atoms with Gasteiger partial charge in [-0.05, 0) is 49.4 Å². The molecule has 2 aromatic rings. The molecular weight excluding hydrogens is 318 g/mol. The minimum absolute atomic E-state index is 0.115. The predicted molar refractivity (Wildman–Crippen MR) is 96.8 cm³/mol. The highest BCUT2D eigenvalue weighted by molar-refractivity contribution is 5.91. The standard InChI is InChI=1S/C19H23N3O3/c1-13-9-14(3-5-17(13)25-16-7-8-24-12-16)15-4-6-18(21-10-15)22-19(23)11-20-2/h3-6,9-10,16,20H,7-8,11-12H2,1-2H3,(H,21,22,23). The summed E-state index contributed by atoms with van der Waals surface area (Å²) in [6, 6.07) is 9.85. The van der Waals surface area contributed by atoms with E-state index in [4.69, 9.17) is 9.47 Å². The fourth-order valence-electron chi connectivity index (χ4n) is 2.73. The van der Waals surface area contributed by atoms with E-state index >= 15 is 0 Å². The number of amides is 1. The van der Waals surface area contributed by atoms with Gasteiger partial charge < -0.3 is 20.1 Å². The van der Waals surface area contributed by atoms with Crippen LogP contribution in [0, 0.1) is 6.92 Å². The summed E-state index contributed by atoms with van der Waals surface area (Å²) in [7, 11) is 1.73. The summed E-state index contributed by atoms with van der Waals surface area (Å²) >= 11 is 0. The van der Waals surface area contributed by atoms with Crippen molar-refractivity contribution in [3.63, 3.8) is 0 Å². The molecule has 0 saturated carbocycles. The molecular formula is C19H23N3O3. The van der Waals surface area contributed by atoms with Crippen LogP contribution < -0.4 is 15.4 Å². The van der Waals surface area contributed by atoms with E-state index in [0.29, 0.717) is 12.4 Å². The molecule has 1 aliphatic heterocycles. The van der Waals surface area contributed by atoms with Crippen molar-refractivity contribution in [3.8, 4) is 16.9 Å². The van der Waals surface area contributed by atoms with Crippen molar-refractivity contribution in [1.29, 1.82) is 0 Å². The molecule has 2 N–H and O–H groups in total. The normalized spacial score (nSPS) is 16.6. The molecule has 1 unspecified atom stereocenters. The number of pyridine rings is 1. The van der Waals surface area contributed by atoms with Crippen LogP contribution in [0.5, 0.6) is 5.75 Å². The smallest absolute Gasteiger partial charge is 0.239 e. The second-order valence-electron chi connectivity index (χ2n) is 6.09. The lowest BCUT2D eigenvalue weighted by Crippen LogP contribution is -2.25. The largest absolute Gasteiger partial charge is 0.488 e. The Labute approximate surface area is 147 Å². The van der Waals surface area contributed by atoms with Gasteiger partial charge in [-0.2, -0.15) is 0 Å². The number of hydrogen-bond donors (Lipinski definition) is 2. The number of nitrogens with one attached hydrogen (secondary N) is 2. The number of rotatable bonds is 6. The summed E-state index contributed by atoms with van der Waals surface area (Å²) in [6.45, 7) is 3.72. The van der Waals surface area contributed by atoms with E-state index in [1.807, 2.05) is 25.1 Å². The fraction of sp³-hybridized carbons (Fsp3) is 0.368. The number of likely N-dealkylation sites (N-methyl/N-ethyl adjacent to an activating group) is 1. The SMILES string of the molecule is CNCC(=O)Nc1ccc(-c2ccc(OC3CCOC3)c(C)c2)cn1. The molecule has 0 spiro atoms. The van der Waals surface area contributed by atoms with E-state index in [-0.39, 0.29) is 18.6 Å². The van der Waals surface area contributed by atoms with Gasteiger partial charge in [-0.3, -0.25) is 4.79 Å². The number of anilines is 1. The number of carbonyl (C=O) groups is 1. The Bertz CT molecular complexity index is 725. The third kappa shape index (κ3) is 4.55. The Morgan fingerprint density at radius 3 is 2.80 bits per heavy atom. The van der Waals surface area contributed by atoms with E-state index in [1.54, 1.807) is 19.3 Å². The van der Waals surface area contributed by atoms with Crippen LogP contribution in [0.15, 0.2) is 36.5 Å². The zero-order chi connectivity index (χ0) is 17.6. The van der Waals surface area contributed by atoms with Crippen molar-refractivity contribution < 1.29 is 14.3 Å². The molecule has 0 aliphatic carbocycles. The van der Waals surface area contributed by atoms with Crippen LogP contribution in [0.4, 0.5) is 5.82 Å². The van der Waals surface area contributed by atoms with Crippen molar-refractivity contribution in [2.75, 3.05) is 32.1 Å². The lowest BCUT2D eigenvalue weighted by atomic mass is 10.0. The minimum Gasteiger partial charge on any atom is -0.488 e. The molecule has 1 saturated heterocycles. The molecule has 3 rings (SSSR count). The van der Waals surface area contributed by atoms with Crippen LogP contribution in [0.2, 0.25) is 0 Å². The van der Waals surface area contributed by atoms with Crippen molar-refractivity contribution >= 4 is 11.7 Å². The zero-order valence-corrected chi connectivity index (χ0v) is 14.5. The first-order chi connectivity index (χ1) is 12.2. The van der Waals surface area contributed by atoms with Crippen LogP contribution in [-0.4, -0.2) is 43.8 Å². The first-order valence-electron chi connectivity index (χ1n) is 8.41. The summed E-state index contributed by atoms with van der Waals surface area (Å²) in [4.78, 5) is 15.9. The van der Waals surface area contributed by atoms with Crippen molar-refractivity contribution in [3.05, 3.63) is 42.1 Å². The molecule has 132 valence electrons. The van der Waals surface area contributed by atoms with Gasteiger partial charge in [0.05, 0.1) is 19.8 Å². The van der Waals surface area contributed by atoms with E-state index in [9.17, 15) is 4.79 Å². The van der Waals surface area contributed by atoms with Crippen LogP contribution in [0.1, 0.15) is 12.0 Å². The highest BCUT2D eigenvalue weighted by Crippen LogP contribution is 2.28. The molecule has 1 aromatic heterocycles. The third-order valence-electron chi connectivity index (χ3n) is 4.06. The van der Waals surface area contributed by atoms with Crippen LogP contribution in [0.3, 0.4) is 0 Å². The number of hydrogen-bond acceptors (Lipinski definition) is 5. The predicted octanol–water partition coefficient (Wildman–Crippen LogP) is 2.38. The van der Waals surface area contributed by atoms with Crippen molar-refractivity contribution in [1.82, 2.24) is 10.3 Å². The third-order valence-corrected chi connectivity index (χ3v) is 4.06. The number of aromatic nitrogens is 1. The highest BCUT2D eigenvalue weighted by Gasteiger charge is 2.18. The summed E-state index contributed by atoms with van der Waals surface area (Å²) in [6.07, 6.45) is 2.84. The Hall–Kier alpha value is -2.44. The zero-order valence-electron chi connectivity index (χ0n) is 14.5. The van der Waals surface area contributed by atoms with Gasteiger partial charge in [-0.15, -0.1) is 0 Å². The summed E-state index contributed by atoms with van der Waals surface area (Å²) < 4.78 is 11.3. The summed E-state index contributed by atoms with van der Waals surface area (Å²) in [5, 5.41) is 5.54. The summed E-state index contributed by atoms with van der Waals surface area (Å²) in [5.74, 6) is 1.32. The number of aryl methyl sites for hydroxylation is 1. The summed E-state index contributed by atoms with van der Waals surface area (Å²) in [5.41, 5.74) is 3.13. The molecule has 2 heterocycles. The Morgan fingerprint density at radius 1 is 1.32 bits per heavy atom. The molecule has 1 atom stereocenters. The van der Waals surface area contributed by atoms with Gasteiger partial charge in [0.1, 0.15) is 17.7 Å². The average Bonchev–Trinajstić information content (AvgIpc) is 3.11. The maximum Gasteiger partial charge on any atom is 0.239 e. The van der Waals surface area contributed by atoms with Gasteiger partial charge in [0.2, 0.25) is 5.91 Å². The van der Waals surface area contributed by atoms with Gasteiger partial charge in [0.15, 0.2) is 0 Å². The average molecular weight is 341 g/mol. The Balaban J connectivity index is 1.68. The van der Waals surface area contributed by atoms with Crippen LogP contribution in [0.25, 0.3) is 11.1 Å². The van der Waals surface area contributed by atoms with E-state index in [2.05, 4.69) is 21.7 Å². The molecule has 0 radical (unpaired) electrons. The number of carbonyl (C=O) groups excluding carboxylic acids is 1. The lowest BCUT2D eigenvalue weighted by Gasteiger charge is -2.15. The molecule has 6 nitrogen and oxygen atoms in total. The second kappa shape index (κ2) is 8.09. The first-order valence-corrected chi connectivity index (χ1v) is 8.41. The monoisotopic (exact) mass is 341 g/mol.